The van der Waals surface area contributed by atoms with E-state index >= 15 is 0 Å². The van der Waals surface area contributed by atoms with Crippen LogP contribution in [-0.2, 0) is 6.54 Å². The molecular weight excluding hydrogens is 196 g/mol. The van der Waals surface area contributed by atoms with Gasteiger partial charge in [-0.05, 0) is 48.7 Å². The van der Waals surface area contributed by atoms with Gasteiger partial charge in [0.2, 0.25) is 0 Å². The lowest BCUT2D eigenvalue weighted by Gasteiger charge is -2.14. The molecule has 0 bridgehead atoms. The highest BCUT2D eigenvalue weighted by Crippen LogP contribution is 2.25. The van der Waals surface area contributed by atoms with Gasteiger partial charge in [-0.15, -0.1) is 0 Å². The van der Waals surface area contributed by atoms with Gasteiger partial charge < -0.3 is 9.88 Å². The van der Waals surface area contributed by atoms with Crippen molar-refractivity contribution in [2.75, 3.05) is 14.1 Å². The van der Waals surface area contributed by atoms with Gasteiger partial charge in [0.05, 0.1) is 0 Å². The molecular formula is C14H20N2. The molecule has 0 aliphatic rings. The van der Waals surface area contributed by atoms with Crippen molar-refractivity contribution in [2.45, 2.75) is 26.3 Å². The van der Waals surface area contributed by atoms with Crippen LogP contribution < -0.4 is 0 Å². The Bertz CT molecular complexity index is 480. The van der Waals surface area contributed by atoms with E-state index in [1.54, 1.807) is 0 Å². The zero-order valence-electron chi connectivity index (χ0n) is 10.5. The van der Waals surface area contributed by atoms with Gasteiger partial charge in [0.1, 0.15) is 0 Å². The highest BCUT2D eigenvalue weighted by molar-refractivity contribution is 5.83. The molecule has 0 aliphatic carbocycles. The molecule has 0 atom stereocenters. The lowest BCUT2D eigenvalue weighted by Crippen LogP contribution is -2.11. The predicted molar refractivity (Wildman–Crippen MR) is 69.8 cm³/mol. The Morgan fingerprint density at radius 2 is 2.00 bits per heavy atom. The topological polar surface area (TPSA) is 19.0 Å². The second-order valence-corrected chi connectivity index (χ2v) is 5.01. The molecule has 0 saturated heterocycles. The number of rotatable bonds is 3. The molecule has 1 N–H and O–H groups in total. The number of hydrogen-bond acceptors (Lipinski definition) is 1. The van der Waals surface area contributed by atoms with Crippen LogP contribution in [0.15, 0.2) is 24.4 Å². The molecule has 2 aromatic rings. The third-order valence-electron chi connectivity index (χ3n) is 2.92. The van der Waals surface area contributed by atoms with Gasteiger partial charge >= 0.3 is 0 Å². The summed E-state index contributed by atoms with van der Waals surface area (Å²) in [5, 5.41) is 1.32. The molecule has 1 aromatic heterocycles. The summed E-state index contributed by atoms with van der Waals surface area (Å²) < 4.78 is 0. The lowest BCUT2D eigenvalue weighted by atomic mass is 9.98. The van der Waals surface area contributed by atoms with E-state index in [0.717, 1.165) is 6.54 Å². The molecule has 0 aliphatic heterocycles. The fourth-order valence-corrected chi connectivity index (χ4v) is 2.07. The van der Waals surface area contributed by atoms with Gasteiger partial charge in [-0.3, -0.25) is 0 Å². The summed E-state index contributed by atoms with van der Waals surface area (Å²) in [4.78, 5) is 5.54. The number of nitrogens with zero attached hydrogens (tertiary/aromatic N) is 1. The molecule has 0 unspecified atom stereocenters. The van der Waals surface area contributed by atoms with Crippen molar-refractivity contribution < 1.29 is 0 Å². The first kappa shape index (κ1) is 11.2. The monoisotopic (exact) mass is 216 g/mol. The molecule has 0 radical (unpaired) electrons. The maximum atomic E-state index is 3.33. The summed E-state index contributed by atoms with van der Waals surface area (Å²) in [5.41, 5.74) is 4.08. The van der Waals surface area contributed by atoms with Crippen LogP contribution in [0, 0.1) is 0 Å². The van der Waals surface area contributed by atoms with Gasteiger partial charge in [-0.2, -0.15) is 0 Å². The first-order valence-corrected chi connectivity index (χ1v) is 5.82. The van der Waals surface area contributed by atoms with Crippen LogP contribution >= 0.6 is 0 Å². The van der Waals surface area contributed by atoms with E-state index in [0.29, 0.717) is 5.92 Å². The molecule has 86 valence electrons. The van der Waals surface area contributed by atoms with E-state index in [2.05, 4.69) is 56.0 Å². The molecule has 2 rings (SSSR count). The first-order valence-electron chi connectivity index (χ1n) is 5.82. The van der Waals surface area contributed by atoms with Crippen LogP contribution in [0.3, 0.4) is 0 Å². The Labute approximate surface area is 97.3 Å². The standard InChI is InChI=1S/C14H20N2/c1-10(2)12-7-11-5-6-15-14(11)13(8-12)9-16(3)4/h5-8,10,15H,9H2,1-4H3. The Morgan fingerprint density at radius 3 is 2.62 bits per heavy atom. The third-order valence-corrected chi connectivity index (χ3v) is 2.92. The van der Waals surface area contributed by atoms with Gasteiger partial charge in [0.25, 0.3) is 0 Å². The van der Waals surface area contributed by atoms with Crippen LogP contribution in [0.1, 0.15) is 30.9 Å². The molecule has 16 heavy (non-hydrogen) atoms. The van der Waals surface area contributed by atoms with Gasteiger partial charge in [0, 0.05) is 18.3 Å². The molecule has 2 nitrogen and oxygen atoms in total. The normalized spacial score (nSPS) is 11.9. The molecule has 0 saturated carbocycles. The summed E-state index contributed by atoms with van der Waals surface area (Å²) >= 11 is 0. The van der Waals surface area contributed by atoms with Crippen molar-refractivity contribution in [3.05, 3.63) is 35.5 Å². The highest BCUT2D eigenvalue weighted by atomic mass is 15.0. The average Bonchev–Trinajstić information content (AvgIpc) is 2.64. The van der Waals surface area contributed by atoms with Crippen molar-refractivity contribution in [2.24, 2.45) is 0 Å². The van der Waals surface area contributed by atoms with E-state index in [-0.39, 0.29) is 0 Å². The molecule has 0 fully saturated rings. The smallest absolute Gasteiger partial charge is 0.0499 e. The highest BCUT2D eigenvalue weighted by Gasteiger charge is 2.08. The second-order valence-electron chi connectivity index (χ2n) is 5.01. The fourth-order valence-electron chi connectivity index (χ4n) is 2.07. The Kier molecular flexibility index (Phi) is 3.01. The van der Waals surface area contributed by atoms with E-state index in [4.69, 9.17) is 0 Å². The van der Waals surface area contributed by atoms with Crippen LogP contribution in [0.25, 0.3) is 10.9 Å². The number of aromatic nitrogens is 1. The largest absolute Gasteiger partial charge is 0.361 e. The van der Waals surface area contributed by atoms with Crippen LogP contribution in [0.2, 0.25) is 0 Å². The maximum absolute atomic E-state index is 3.33. The predicted octanol–water partition coefficient (Wildman–Crippen LogP) is 3.35. The fraction of sp³-hybridized carbons (Fsp3) is 0.429. The van der Waals surface area contributed by atoms with Crippen molar-refractivity contribution >= 4 is 10.9 Å². The average molecular weight is 216 g/mol. The van der Waals surface area contributed by atoms with Crippen molar-refractivity contribution in [1.29, 1.82) is 0 Å². The van der Waals surface area contributed by atoms with Crippen LogP contribution in [-0.4, -0.2) is 24.0 Å². The molecule has 0 spiro atoms. The molecule has 0 amide bonds. The number of fused-ring (bicyclic) bond motifs is 1. The Hall–Kier alpha value is -1.28. The van der Waals surface area contributed by atoms with Gasteiger partial charge in [-0.25, -0.2) is 0 Å². The van der Waals surface area contributed by atoms with E-state index in [1.807, 2.05) is 6.20 Å². The summed E-state index contributed by atoms with van der Waals surface area (Å²) in [5.74, 6) is 0.584. The lowest BCUT2D eigenvalue weighted by molar-refractivity contribution is 0.403. The summed E-state index contributed by atoms with van der Waals surface area (Å²) in [6, 6.07) is 6.76. The van der Waals surface area contributed by atoms with Crippen LogP contribution in [0.4, 0.5) is 0 Å². The number of nitrogens with one attached hydrogen (secondary N) is 1. The van der Waals surface area contributed by atoms with E-state index in [1.165, 1.54) is 22.0 Å². The quantitative estimate of drug-likeness (QED) is 0.833. The summed E-state index contributed by atoms with van der Waals surface area (Å²) in [6.07, 6.45) is 2.02. The molecule has 1 heterocycles. The summed E-state index contributed by atoms with van der Waals surface area (Å²) in [6.45, 7) is 5.47. The Morgan fingerprint density at radius 1 is 1.25 bits per heavy atom. The SMILES string of the molecule is CC(C)c1cc(CN(C)C)c2[nH]ccc2c1. The van der Waals surface area contributed by atoms with Crippen LogP contribution in [0.5, 0.6) is 0 Å². The number of hydrogen-bond donors (Lipinski definition) is 1. The third kappa shape index (κ3) is 2.12. The Balaban J connectivity index is 2.54. The minimum absolute atomic E-state index is 0.584. The van der Waals surface area contributed by atoms with E-state index in [9.17, 15) is 0 Å². The number of benzene rings is 1. The summed E-state index contributed by atoms with van der Waals surface area (Å²) in [7, 11) is 4.22. The van der Waals surface area contributed by atoms with E-state index < -0.39 is 0 Å². The number of aromatic amines is 1. The van der Waals surface area contributed by atoms with Crippen molar-refractivity contribution in [1.82, 2.24) is 9.88 Å². The maximum Gasteiger partial charge on any atom is 0.0499 e. The second kappa shape index (κ2) is 4.30. The zero-order chi connectivity index (χ0) is 11.7. The number of H-pyrrole nitrogens is 1. The van der Waals surface area contributed by atoms with Crippen molar-refractivity contribution in [3.8, 4) is 0 Å². The minimum atomic E-state index is 0.584. The molecule has 1 aromatic carbocycles. The van der Waals surface area contributed by atoms with Crippen molar-refractivity contribution in [3.63, 3.8) is 0 Å². The van der Waals surface area contributed by atoms with Gasteiger partial charge in [0.15, 0.2) is 0 Å². The zero-order valence-corrected chi connectivity index (χ0v) is 10.5. The minimum Gasteiger partial charge on any atom is -0.361 e. The first-order chi connectivity index (χ1) is 7.58. The van der Waals surface area contributed by atoms with Gasteiger partial charge in [-0.1, -0.05) is 19.9 Å². The molecule has 2 heteroatoms.